The lowest BCUT2D eigenvalue weighted by Crippen LogP contribution is -2.51. The van der Waals surface area contributed by atoms with Crippen LogP contribution in [0.15, 0.2) is 0 Å². The molecule has 0 bridgehead atoms. The SMILES string of the molecule is CCCCC1CC(NC(=O)OCC)CN(CCO)C1. The largest absolute Gasteiger partial charge is 0.450 e. The molecule has 2 atom stereocenters. The number of unbranched alkanes of at least 4 members (excludes halogenated alkanes) is 1. The molecule has 1 amide bonds. The molecule has 1 aliphatic rings. The van der Waals surface area contributed by atoms with Crippen LogP contribution < -0.4 is 5.32 Å². The predicted octanol–water partition coefficient (Wildman–Crippen LogP) is 1.61. The molecule has 5 nitrogen and oxygen atoms in total. The van der Waals surface area contributed by atoms with Crippen molar-refractivity contribution in [1.82, 2.24) is 10.2 Å². The number of hydrogen-bond donors (Lipinski definition) is 2. The fraction of sp³-hybridized carbons (Fsp3) is 0.929. The fourth-order valence-corrected chi connectivity index (χ4v) is 2.77. The molecule has 0 radical (unpaired) electrons. The number of ether oxygens (including phenoxy) is 1. The van der Waals surface area contributed by atoms with Crippen LogP contribution in [0.5, 0.6) is 0 Å². The van der Waals surface area contributed by atoms with Crippen LogP contribution in [-0.2, 0) is 4.74 Å². The van der Waals surface area contributed by atoms with Gasteiger partial charge in [0.15, 0.2) is 0 Å². The van der Waals surface area contributed by atoms with Crippen molar-refractivity contribution >= 4 is 6.09 Å². The van der Waals surface area contributed by atoms with Gasteiger partial charge in [-0.1, -0.05) is 19.8 Å². The van der Waals surface area contributed by atoms with Crippen LogP contribution in [-0.4, -0.2) is 55.0 Å². The molecule has 5 heteroatoms. The Balaban J connectivity index is 2.46. The minimum absolute atomic E-state index is 0.140. The molecule has 0 spiro atoms. The molecule has 0 aromatic carbocycles. The summed E-state index contributed by atoms with van der Waals surface area (Å²) in [7, 11) is 0. The number of β-amino-alcohol motifs (C(OH)–C–C–N with tert-alkyl or cyclic N) is 1. The quantitative estimate of drug-likeness (QED) is 0.739. The number of alkyl carbamates (subject to hydrolysis) is 1. The van der Waals surface area contributed by atoms with E-state index in [0.29, 0.717) is 19.1 Å². The van der Waals surface area contributed by atoms with Crippen LogP contribution in [0.2, 0.25) is 0 Å². The molecule has 112 valence electrons. The van der Waals surface area contributed by atoms with E-state index >= 15 is 0 Å². The Kier molecular flexibility index (Phi) is 7.82. The molecule has 1 heterocycles. The summed E-state index contributed by atoms with van der Waals surface area (Å²) in [5, 5.41) is 12.0. The first kappa shape index (κ1) is 16.2. The lowest BCUT2D eigenvalue weighted by atomic mass is 9.90. The number of aliphatic hydroxyl groups is 1. The summed E-state index contributed by atoms with van der Waals surface area (Å²) in [6, 6.07) is 0.140. The molecular formula is C14H28N2O3. The summed E-state index contributed by atoms with van der Waals surface area (Å²) in [6.07, 6.45) is 4.31. The third-order valence-corrected chi connectivity index (χ3v) is 3.59. The number of likely N-dealkylation sites (tertiary alicyclic amines) is 1. The first-order valence-electron chi connectivity index (χ1n) is 7.46. The van der Waals surface area contributed by atoms with Gasteiger partial charge in [0.25, 0.3) is 0 Å². The first-order chi connectivity index (χ1) is 9.19. The zero-order valence-corrected chi connectivity index (χ0v) is 12.2. The summed E-state index contributed by atoms with van der Waals surface area (Å²) in [5.74, 6) is 0.604. The van der Waals surface area contributed by atoms with E-state index in [1.807, 2.05) is 6.92 Å². The molecule has 0 aliphatic carbocycles. The van der Waals surface area contributed by atoms with Crippen molar-refractivity contribution in [1.29, 1.82) is 0 Å². The van der Waals surface area contributed by atoms with Gasteiger partial charge >= 0.3 is 6.09 Å². The summed E-state index contributed by atoms with van der Waals surface area (Å²) in [5.41, 5.74) is 0. The zero-order valence-electron chi connectivity index (χ0n) is 12.2. The normalized spacial score (nSPS) is 24.2. The second-order valence-corrected chi connectivity index (χ2v) is 5.29. The number of carbonyl (C=O) groups excluding carboxylic acids is 1. The third-order valence-electron chi connectivity index (χ3n) is 3.59. The standard InChI is InChI=1S/C14H28N2O3/c1-3-5-6-12-9-13(15-14(18)19-4-2)11-16(10-12)7-8-17/h12-13,17H,3-11H2,1-2H3,(H,15,18). The molecule has 0 saturated carbocycles. The average Bonchev–Trinajstić information content (AvgIpc) is 2.36. The Morgan fingerprint density at radius 1 is 1.42 bits per heavy atom. The molecule has 0 aromatic rings. The second kappa shape index (κ2) is 9.15. The van der Waals surface area contributed by atoms with Crippen molar-refractivity contribution in [3.63, 3.8) is 0 Å². The number of nitrogens with zero attached hydrogens (tertiary/aromatic N) is 1. The second-order valence-electron chi connectivity index (χ2n) is 5.29. The van der Waals surface area contributed by atoms with Gasteiger partial charge in [0.05, 0.1) is 13.2 Å². The lowest BCUT2D eigenvalue weighted by molar-refractivity contribution is 0.101. The van der Waals surface area contributed by atoms with E-state index in [0.717, 1.165) is 19.5 Å². The Morgan fingerprint density at radius 3 is 2.84 bits per heavy atom. The Bertz CT molecular complexity index is 261. The van der Waals surface area contributed by atoms with E-state index in [4.69, 9.17) is 9.84 Å². The number of piperidine rings is 1. The highest BCUT2D eigenvalue weighted by molar-refractivity contribution is 5.67. The summed E-state index contributed by atoms with van der Waals surface area (Å²) in [4.78, 5) is 13.7. The molecule has 0 aromatic heterocycles. The maximum absolute atomic E-state index is 11.5. The minimum atomic E-state index is -0.326. The van der Waals surface area contributed by atoms with Crippen molar-refractivity contribution in [2.45, 2.75) is 45.6 Å². The average molecular weight is 272 g/mol. The molecule has 2 unspecified atom stereocenters. The van der Waals surface area contributed by atoms with E-state index in [9.17, 15) is 4.79 Å². The molecule has 1 fully saturated rings. The first-order valence-corrected chi connectivity index (χ1v) is 7.46. The van der Waals surface area contributed by atoms with Crippen LogP contribution in [0.25, 0.3) is 0 Å². The molecule has 1 rings (SSSR count). The maximum Gasteiger partial charge on any atom is 0.407 e. The Labute approximate surface area is 116 Å². The van der Waals surface area contributed by atoms with E-state index in [1.165, 1.54) is 19.3 Å². The fourth-order valence-electron chi connectivity index (χ4n) is 2.77. The van der Waals surface area contributed by atoms with E-state index in [1.54, 1.807) is 0 Å². The molecule has 1 saturated heterocycles. The van der Waals surface area contributed by atoms with Crippen LogP contribution >= 0.6 is 0 Å². The van der Waals surface area contributed by atoms with Crippen LogP contribution in [0.1, 0.15) is 39.5 Å². The van der Waals surface area contributed by atoms with E-state index < -0.39 is 0 Å². The highest BCUT2D eigenvalue weighted by atomic mass is 16.5. The number of aliphatic hydroxyl groups excluding tert-OH is 1. The van der Waals surface area contributed by atoms with Crippen molar-refractivity contribution in [3.05, 3.63) is 0 Å². The predicted molar refractivity (Wildman–Crippen MR) is 75.1 cm³/mol. The topological polar surface area (TPSA) is 61.8 Å². The van der Waals surface area contributed by atoms with Crippen molar-refractivity contribution in [2.75, 3.05) is 32.8 Å². The van der Waals surface area contributed by atoms with Gasteiger partial charge in [-0.05, 0) is 25.7 Å². The molecule has 1 aliphatic heterocycles. The number of nitrogens with one attached hydrogen (secondary N) is 1. The Hall–Kier alpha value is -0.810. The lowest BCUT2D eigenvalue weighted by Gasteiger charge is -2.37. The van der Waals surface area contributed by atoms with E-state index in [2.05, 4.69) is 17.1 Å². The van der Waals surface area contributed by atoms with Gasteiger partial charge in [0, 0.05) is 25.7 Å². The van der Waals surface area contributed by atoms with Gasteiger partial charge in [0.1, 0.15) is 0 Å². The van der Waals surface area contributed by atoms with Crippen molar-refractivity contribution < 1.29 is 14.6 Å². The summed E-state index contributed by atoms with van der Waals surface area (Å²) < 4.78 is 4.94. The van der Waals surface area contributed by atoms with E-state index in [-0.39, 0.29) is 18.7 Å². The number of amides is 1. The molecule has 2 N–H and O–H groups in total. The van der Waals surface area contributed by atoms with Crippen molar-refractivity contribution in [3.8, 4) is 0 Å². The van der Waals surface area contributed by atoms with Gasteiger partial charge in [-0.3, -0.25) is 4.90 Å². The number of carbonyl (C=O) groups is 1. The summed E-state index contributed by atoms with van der Waals surface area (Å²) in [6.45, 7) is 7.10. The molecule has 19 heavy (non-hydrogen) atoms. The van der Waals surface area contributed by atoms with Gasteiger partial charge in [-0.2, -0.15) is 0 Å². The summed E-state index contributed by atoms with van der Waals surface area (Å²) >= 11 is 0. The van der Waals surface area contributed by atoms with Gasteiger partial charge in [-0.15, -0.1) is 0 Å². The van der Waals surface area contributed by atoms with Crippen LogP contribution in [0.4, 0.5) is 4.79 Å². The maximum atomic E-state index is 11.5. The highest BCUT2D eigenvalue weighted by Crippen LogP contribution is 2.22. The van der Waals surface area contributed by atoms with Gasteiger partial charge < -0.3 is 15.2 Å². The van der Waals surface area contributed by atoms with Crippen LogP contribution in [0, 0.1) is 5.92 Å². The zero-order chi connectivity index (χ0) is 14.1. The van der Waals surface area contributed by atoms with Crippen LogP contribution in [0.3, 0.4) is 0 Å². The highest BCUT2D eigenvalue weighted by Gasteiger charge is 2.27. The van der Waals surface area contributed by atoms with Gasteiger partial charge in [0.2, 0.25) is 0 Å². The Morgan fingerprint density at radius 2 is 2.21 bits per heavy atom. The monoisotopic (exact) mass is 272 g/mol. The third kappa shape index (κ3) is 6.25. The minimum Gasteiger partial charge on any atom is -0.450 e. The smallest absolute Gasteiger partial charge is 0.407 e. The van der Waals surface area contributed by atoms with Gasteiger partial charge in [-0.25, -0.2) is 4.79 Å². The van der Waals surface area contributed by atoms with Crippen molar-refractivity contribution in [2.24, 2.45) is 5.92 Å². The molecular weight excluding hydrogens is 244 g/mol. The number of hydrogen-bond acceptors (Lipinski definition) is 4. The number of rotatable bonds is 7.